The summed E-state index contributed by atoms with van der Waals surface area (Å²) in [7, 11) is 4.64. The summed E-state index contributed by atoms with van der Waals surface area (Å²) in [5.74, 6) is 0.905. The second-order valence-corrected chi connectivity index (χ2v) is 12.4. The summed E-state index contributed by atoms with van der Waals surface area (Å²) >= 11 is 14.0. The van der Waals surface area contributed by atoms with Gasteiger partial charge in [0.1, 0.15) is 5.75 Å². The number of rotatable bonds is 4. The number of ether oxygens (including phenoxy) is 1. The summed E-state index contributed by atoms with van der Waals surface area (Å²) in [4.78, 5) is 0. The second kappa shape index (κ2) is 15.7. The monoisotopic (exact) mass is 469 g/mol. The SMILES string of the molecule is CCOc1ccc(Cc2c[c]ccc2Cl)cc1.[Br][Mg][Br].[Li][Cl]. The van der Waals surface area contributed by atoms with Gasteiger partial charge >= 0.3 is 42.6 Å². The van der Waals surface area contributed by atoms with Crippen LogP contribution >= 0.6 is 47.2 Å². The fourth-order valence-electron chi connectivity index (χ4n) is 1.67. The van der Waals surface area contributed by atoms with E-state index in [9.17, 15) is 0 Å². The Morgan fingerprint density at radius 2 is 1.77 bits per heavy atom. The molecule has 0 aromatic heterocycles. The molecule has 0 N–H and O–H groups in total. The third-order valence-electron chi connectivity index (χ3n) is 2.52. The summed E-state index contributed by atoms with van der Waals surface area (Å²) in [6.07, 6.45) is 0.822. The molecule has 1 radical (unpaired) electrons. The van der Waals surface area contributed by atoms with Crippen LogP contribution in [0, 0.1) is 6.07 Å². The molecular weight excluding hydrogens is 458 g/mol. The molecule has 0 bridgehead atoms. The van der Waals surface area contributed by atoms with Crippen LogP contribution in [0.3, 0.4) is 0 Å². The van der Waals surface area contributed by atoms with E-state index < -0.39 is 0 Å². The van der Waals surface area contributed by atoms with Gasteiger partial charge in [-0.25, -0.2) is 0 Å². The Hall–Kier alpha value is 1.14. The van der Waals surface area contributed by atoms with Gasteiger partial charge in [-0.15, -0.1) is 0 Å². The van der Waals surface area contributed by atoms with Crippen molar-refractivity contribution in [2.45, 2.75) is 13.3 Å². The molecule has 2 aromatic carbocycles. The van der Waals surface area contributed by atoms with E-state index in [4.69, 9.17) is 16.3 Å². The van der Waals surface area contributed by atoms with Crippen molar-refractivity contribution in [3.05, 3.63) is 64.7 Å². The van der Waals surface area contributed by atoms with Gasteiger partial charge in [0.25, 0.3) is 0 Å². The van der Waals surface area contributed by atoms with Gasteiger partial charge in [-0.3, -0.25) is 25.8 Å². The molecule has 0 unspecified atom stereocenters. The summed E-state index contributed by atoms with van der Waals surface area (Å²) in [6, 6.07) is 16.8. The molecule has 0 fully saturated rings. The number of benzene rings is 2. The van der Waals surface area contributed by atoms with Crippen LogP contribution in [0.15, 0.2) is 42.5 Å². The first-order valence-corrected chi connectivity index (χ1v) is 15.5. The van der Waals surface area contributed by atoms with Gasteiger partial charge in [0.2, 0.25) is 0 Å². The first-order valence-electron chi connectivity index (χ1n) is 6.57. The molecule has 0 aliphatic heterocycles. The van der Waals surface area contributed by atoms with Gasteiger partial charge in [-0.05, 0) is 54.8 Å². The molecule has 0 amide bonds. The predicted molar refractivity (Wildman–Crippen MR) is 106 cm³/mol. The first-order chi connectivity index (χ1) is 10.7. The van der Waals surface area contributed by atoms with Crippen LogP contribution in [-0.2, 0) is 6.42 Å². The quantitative estimate of drug-likeness (QED) is 0.516. The van der Waals surface area contributed by atoms with Crippen molar-refractivity contribution in [2.75, 3.05) is 6.61 Å². The molecule has 0 atom stereocenters. The van der Waals surface area contributed by atoms with Crippen LogP contribution in [0.1, 0.15) is 18.1 Å². The van der Waals surface area contributed by atoms with E-state index in [1.807, 2.05) is 37.3 Å². The number of halogens is 4. The third kappa shape index (κ3) is 10.1. The van der Waals surface area contributed by atoms with Crippen molar-refractivity contribution in [3.8, 4) is 5.75 Å². The van der Waals surface area contributed by atoms with Gasteiger partial charge in [0.15, 0.2) is 0 Å². The number of hydrogen-bond donors (Lipinski definition) is 0. The van der Waals surface area contributed by atoms with Crippen molar-refractivity contribution >= 4 is 79.9 Å². The van der Waals surface area contributed by atoms with Crippen LogP contribution in [-0.4, -0.2) is 39.4 Å². The molecule has 0 spiro atoms. The Morgan fingerprint density at radius 1 is 1.18 bits per heavy atom. The summed E-state index contributed by atoms with van der Waals surface area (Å²) in [5.41, 5.74) is 2.31. The summed E-state index contributed by atoms with van der Waals surface area (Å²) in [6.45, 7) is 2.67. The van der Waals surface area contributed by atoms with E-state index in [2.05, 4.69) is 53.8 Å². The van der Waals surface area contributed by atoms with Gasteiger partial charge < -0.3 is 4.74 Å². The van der Waals surface area contributed by atoms with Gasteiger partial charge in [-0.1, -0.05) is 29.8 Å². The van der Waals surface area contributed by atoms with Crippen molar-refractivity contribution in [1.29, 1.82) is 0 Å². The minimum absolute atomic E-state index is 0.0417. The predicted octanol–water partition coefficient (Wildman–Crippen LogP) is 5.75. The standard InChI is InChI=1S/C15H14ClO.2BrH.ClH.Li.Mg/c1-2-17-14-9-7-12(8-10-14)11-13-5-3-4-6-15(13)16;;;;;/h4-10H,2,11H2,1H3;3*1H;;/q;;;;+1;+2/p-3. The van der Waals surface area contributed by atoms with Crippen LogP contribution in [0.2, 0.25) is 5.02 Å². The molecule has 22 heavy (non-hydrogen) atoms. The molecule has 0 aliphatic carbocycles. The Labute approximate surface area is 173 Å². The third-order valence-corrected chi connectivity index (χ3v) is 2.89. The maximum atomic E-state index is 6.11. The molecule has 2 rings (SSSR count). The molecule has 1 nitrogen and oxygen atoms in total. The minimum atomic E-state index is 0.0417. The van der Waals surface area contributed by atoms with Crippen molar-refractivity contribution in [3.63, 3.8) is 0 Å². The van der Waals surface area contributed by atoms with Crippen LogP contribution in [0.25, 0.3) is 0 Å². The van der Waals surface area contributed by atoms with Crippen LogP contribution in [0.4, 0.5) is 0 Å². The van der Waals surface area contributed by atoms with Crippen molar-refractivity contribution in [2.24, 2.45) is 0 Å². The molecule has 2 aromatic rings. The first kappa shape index (κ1) is 23.1. The Kier molecular flexibility index (Phi) is 16.5. The topological polar surface area (TPSA) is 9.23 Å². The Balaban J connectivity index is 0.000000789. The molecule has 0 saturated carbocycles. The van der Waals surface area contributed by atoms with E-state index in [0.29, 0.717) is 6.61 Å². The van der Waals surface area contributed by atoms with E-state index in [-0.39, 0.29) is 16.0 Å². The molecular formula is C15H14Br2Cl2LiMgO. The fourth-order valence-corrected chi connectivity index (χ4v) is 1.86. The zero-order chi connectivity index (χ0) is 16.8. The number of hydrogen-bond acceptors (Lipinski definition) is 1. The summed E-state index contributed by atoms with van der Waals surface area (Å²) < 4.78 is 5.40. The summed E-state index contributed by atoms with van der Waals surface area (Å²) in [5, 5.41) is 0.789. The maximum absolute atomic E-state index is 6.11. The Morgan fingerprint density at radius 3 is 2.27 bits per heavy atom. The van der Waals surface area contributed by atoms with E-state index in [1.165, 1.54) is 22.3 Å². The molecule has 111 valence electrons. The van der Waals surface area contributed by atoms with Crippen molar-refractivity contribution in [1.82, 2.24) is 0 Å². The van der Waals surface area contributed by atoms with E-state index in [0.717, 1.165) is 22.8 Å². The molecule has 7 heteroatoms. The van der Waals surface area contributed by atoms with Gasteiger partial charge in [-0.2, -0.15) is 0 Å². The fraction of sp³-hybridized carbons (Fsp3) is 0.200. The molecule has 0 heterocycles. The van der Waals surface area contributed by atoms with Gasteiger partial charge in [0, 0.05) is 5.02 Å². The van der Waals surface area contributed by atoms with Crippen LogP contribution < -0.4 is 4.74 Å². The molecule has 0 saturated heterocycles. The van der Waals surface area contributed by atoms with Gasteiger partial charge in [0.05, 0.1) is 6.61 Å². The average molecular weight is 472 g/mol. The zero-order valence-corrected chi connectivity index (χ0v) is 18.7. The average Bonchev–Trinajstić information content (AvgIpc) is 2.54. The Bertz CT molecular complexity index is 515. The zero-order valence-electron chi connectivity index (χ0n) is 12.6. The second-order valence-electron chi connectivity index (χ2n) is 3.87. The molecule has 0 aliphatic rings. The normalized spacial score (nSPS) is 8.68. The van der Waals surface area contributed by atoms with Crippen LogP contribution in [0.5, 0.6) is 5.75 Å². The van der Waals surface area contributed by atoms with E-state index >= 15 is 0 Å². The van der Waals surface area contributed by atoms with E-state index in [1.54, 1.807) is 0 Å². The van der Waals surface area contributed by atoms with Crippen molar-refractivity contribution < 1.29 is 4.74 Å².